The fourth-order valence-electron chi connectivity index (χ4n) is 1.12. The van der Waals surface area contributed by atoms with Crippen LogP contribution in [0.15, 0.2) is 64.5 Å². The summed E-state index contributed by atoms with van der Waals surface area (Å²) in [5.41, 5.74) is 0.646. The summed E-state index contributed by atoms with van der Waals surface area (Å²) < 4.78 is 20.6. The van der Waals surface area contributed by atoms with Gasteiger partial charge in [0.15, 0.2) is 10.7 Å². The van der Waals surface area contributed by atoms with Crippen molar-refractivity contribution in [2.24, 2.45) is 4.99 Å². The van der Waals surface area contributed by atoms with Crippen LogP contribution in [0.2, 0.25) is 5.02 Å². The number of para-hydroxylation sites is 1. The minimum Gasteiger partial charge on any atom is -0.227 e. The fourth-order valence-corrected chi connectivity index (χ4v) is 1.64. The quantitative estimate of drug-likeness (QED) is 0.526. The standard InChI is InChI=1S/C7H5NO.C6H5ClO2S/c9-6-8-7-4-2-1-3-5-7;7-5-1-3-6(4-2-5)10(8)9/h1-5H;1-4,10H. The van der Waals surface area contributed by atoms with E-state index in [0.717, 1.165) is 0 Å². The second-order valence-corrected chi connectivity index (χ2v) is 4.74. The molecule has 98 valence electrons. The molecule has 0 aliphatic rings. The van der Waals surface area contributed by atoms with Crippen molar-refractivity contribution in [2.75, 3.05) is 0 Å². The van der Waals surface area contributed by atoms with Crippen LogP contribution in [-0.2, 0) is 15.5 Å². The van der Waals surface area contributed by atoms with Crippen molar-refractivity contribution < 1.29 is 13.2 Å². The Bertz CT molecular complexity index is 625. The molecule has 0 spiro atoms. The molecule has 0 atom stereocenters. The SMILES string of the molecule is O=C=Nc1ccccc1.O=[SH](=O)c1ccc(Cl)cc1. The number of halogens is 1. The Labute approximate surface area is 117 Å². The molecule has 0 saturated carbocycles. The van der Waals surface area contributed by atoms with Crippen molar-refractivity contribution in [2.45, 2.75) is 4.90 Å². The van der Waals surface area contributed by atoms with E-state index in [4.69, 9.17) is 11.6 Å². The minimum atomic E-state index is -2.47. The number of rotatable bonds is 2. The Kier molecular flexibility index (Phi) is 6.53. The molecule has 6 heteroatoms. The maximum absolute atomic E-state index is 10.3. The second kappa shape index (κ2) is 8.21. The summed E-state index contributed by atoms with van der Waals surface area (Å²) in [6.07, 6.45) is 1.46. The average molecular weight is 296 g/mol. The van der Waals surface area contributed by atoms with Crippen LogP contribution in [0.3, 0.4) is 0 Å². The lowest BCUT2D eigenvalue weighted by atomic mass is 10.3. The predicted octanol–water partition coefficient (Wildman–Crippen LogP) is 2.96. The van der Waals surface area contributed by atoms with Crippen molar-refractivity contribution in [1.82, 2.24) is 0 Å². The van der Waals surface area contributed by atoms with Crippen molar-refractivity contribution in [3.8, 4) is 0 Å². The molecule has 2 aromatic rings. The topological polar surface area (TPSA) is 63.6 Å². The highest BCUT2D eigenvalue weighted by molar-refractivity contribution is 7.72. The largest absolute Gasteiger partial charge is 0.240 e. The van der Waals surface area contributed by atoms with E-state index in [9.17, 15) is 13.2 Å². The van der Waals surface area contributed by atoms with Crippen molar-refractivity contribution in [3.05, 3.63) is 59.6 Å². The first-order chi connectivity index (χ1) is 9.13. The van der Waals surface area contributed by atoms with E-state index >= 15 is 0 Å². The van der Waals surface area contributed by atoms with Gasteiger partial charge < -0.3 is 0 Å². The zero-order valence-electron chi connectivity index (χ0n) is 9.69. The van der Waals surface area contributed by atoms with Crippen LogP contribution in [0, 0.1) is 0 Å². The number of benzene rings is 2. The van der Waals surface area contributed by atoms with Gasteiger partial charge >= 0.3 is 0 Å². The van der Waals surface area contributed by atoms with Gasteiger partial charge in [-0.15, -0.1) is 0 Å². The van der Waals surface area contributed by atoms with E-state index in [1.54, 1.807) is 24.3 Å². The highest BCUT2D eigenvalue weighted by atomic mass is 35.5. The van der Waals surface area contributed by atoms with Crippen LogP contribution >= 0.6 is 11.6 Å². The Hall–Kier alpha value is -1.94. The molecule has 0 amide bonds. The third-order valence-corrected chi connectivity index (χ3v) is 2.94. The van der Waals surface area contributed by atoms with Gasteiger partial charge in [0, 0.05) is 5.02 Å². The Morgan fingerprint density at radius 2 is 1.53 bits per heavy atom. The summed E-state index contributed by atoms with van der Waals surface area (Å²) in [6.45, 7) is 0. The second-order valence-electron chi connectivity index (χ2n) is 3.27. The summed E-state index contributed by atoms with van der Waals surface area (Å²) in [5.74, 6) is 0. The Morgan fingerprint density at radius 1 is 0.947 bits per heavy atom. The van der Waals surface area contributed by atoms with Gasteiger partial charge in [-0.3, -0.25) is 0 Å². The molecule has 0 aliphatic carbocycles. The molecule has 0 unspecified atom stereocenters. The molecule has 0 radical (unpaired) electrons. The van der Waals surface area contributed by atoms with E-state index in [1.165, 1.54) is 18.2 Å². The van der Waals surface area contributed by atoms with Gasteiger partial charge in [-0.1, -0.05) is 29.8 Å². The molecule has 0 aliphatic heterocycles. The molecule has 0 saturated heterocycles. The van der Waals surface area contributed by atoms with E-state index in [1.807, 2.05) is 18.2 Å². The fraction of sp³-hybridized carbons (Fsp3) is 0. The van der Waals surface area contributed by atoms with E-state index in [0.29, 0.717) is 15.6 Å². The normalized spacial score (nSPS) is 9.16. The third kappa shape index (κ3) is 5.97. The first-order valence-electron chi connectivity index (χ1n) is 5.16. The lowest BCUT2D eigenvalue weighted by Gasteiger charge is -1.88. The molecular formula is C13H10ClNO3S. The summed E-state index contributed by atoms with van der Waals surface area (Å²) in [6, 6.07) is 15.0. The number of thiol groups is 1. The molecule has 0 bridgehead atoms. The van der Waals surface area contributed by atoms with Crippen LogP contribution < -0.4 is 0 Å². The molecule has 0 fully saturated rings. The van der Waals surface area contributed by atoms with Gasteiger partial charge in [0.2, 0.25) is 6.08 Å². The molecule has 0 aromatic heterocycles. The van der Waals surface area contributed by atoms with Crippen molar-refractivity contribution in [1.29, 1.82) is 0 Å². The van der Waals surface area contributed by atoms with Gasteiger partial charge in [0.1, 0.15) is 0 Å². The zero-order valence-corrected chi connectivity index (χ0v) is 11.3. The highest BCUT2D eigenvalue weighted by Gasteiger charge is 1.91. The van der Waals surface area contributed by atoms with Gasteiger partial charge in [-0.2, -0.15) is 4.99 Å². The summed E-state index contributed by atoms with van der Waals surface area (Å²) >= 11 is 5.52. The molecule has 0 heterocycles. The minimum absolute atomic E-state index is 0.291. The average Bonchev–Trinajstić information content (AvgIpc) is 2.41. The molecule has 2 aromatic carbocycles. The summed E-state index contributed by atoms with van der Waals surface area (Å²) in [5, 5.41) is 0.542. The maximum Gasteiger partial charge on any atom is 0.240 e. The monoisotopic (exact) mass is 295 g/mol. The molecule has 19 heavy (non-hydrogen) atoms. The van der Waals surface area contributed by atoms with Crippen LogP contribution in [0.4, 0.5) is 5.69 Å². The van der Waals surface area contributed by atoms with Gasteiger partial charge in [0.05, 0.1) is 10.6 Å². The number of hydrogen-bond donors (Lipinski definition) is 1. The van der Waals surface area contributed by atoms with E-state index < -0.39 is 10.7 Å². The van der Waals surface area contributed by atoms with Crippen LogP contribution in [-0.4, -0.2) is 14.5 Å². The van der Waals surface area contributed by atoms with Crippen molar-refractivity contribution >= 4 is 34.1 Å². The maximum atomic E-state index is 10.3. The zero-order chi connectivity index (χ0) is 14.1. The number of aliphatic imine (C=N–C) groups is 1. The molecule has 4 nitrogen and oxygen atoms in total. The number of hydrogen-bond acceptors (Lipinski definition) is 4. The summed E-state index contributed by atoms with van der Waals surface area (Å²) in [7, 11) is -2.47. The third-order valence-electron chi connectivity index (χ3n) is 1.97. The number of isocyanates is 1. The summed E-state index contributed by atoms with van der Waals surface area (Å²) in [4.78, 5) is 13.4. The first-order valence-corrected chi connectivity index (χ1v) is 6.72. The smallest absolute Gasteiger partial charge is 0.227 e. The predicted molar refractivity (Wildman–Crippen MR) is 74.3 cm³/mol. The number of carbonyl (C=O) groups excluding carboxylic acids is 1. The van der Waals surface area contributed by atoms with Crippen LogP contribution in [0.25, 0.3) is 0 Å². The molecule has 2 rings (SSSR count). The number of nitrogens with zero attached hydrogens (tertiary/aromatic N) is 1. The van der Waals surface area contributed by atoms with Gasteiger partial charge in [0.25, 0.3) is 0 Å². The van der Waals surface area contributed by atoms with E-state index in [-0.39, 0.29) is 0 Å². The van der Waals surface area contributed by atoms with Crippen LogP contribution in [0.5, 0.6) is 0 Å². The lowest BCUT2D eigenvalue weighted by molar-refractivity contribution is 0.565. The Balaban J connectivity index is 0.000000191. The van der Waals surface area contributed by atoms with Gasteiger partial charge in [-0.25, -0.2) is 13.2 Å². The lowest BCUT2D eigenvalue weighted by Crippen LogP contribution is -1.76. The van der Waals surface area contributed by atoms with Crippen molar-refractivity contribution in [3.63, 3.8) is 0 Å². The first kappa shape index (κ1) is 15.1. The Morgan fingerprint density at radius 3 is 2.00 bits per heavy atom. The van der Waals surface area contributed by atoms with Gasteiger partial charge in [-0.05, 0) is 36.4 Å². The molecule has 0 N–H and O–H groups in total. The van der Waals surface area contributed by atoms with Crippen LogP contribution in [0.1, 0.15) is 0 Å². The highest BCUT2D eigenvalue weighted by Crippen LogP contribution is 2.09. The molecular weight excluding hydrogens is 286 g/mol. The van der Waals surface area contributed by atoms with E-state index in [2.05, 4.69) is 4.99 Å².